The molecule has 2 aromatic carbocycles. The van der Waals surface area contributed by atoms with Crippen LogP contribution in [0.3, 0.4) is 0 Å². The van der Waals surface area contributed by atoms with Crippen LogP contribution in [-0.4, -0.2) is 16.7 Å². The number of para-hydroxylation sites is 1. The normalized spacial score (nSPS) is 11.1. The van der Waals surface area contributed by atoms with Crippen LogP contribution in [0.25, 0.3) is 33.2 Å². The maximum Gasteiger partial charge on any atom is 0.212 e. The Hall–Kier alpha value is -3.37. The molecule has 0 unspecified atom stereocenters. The number of hydrogen-bond donors (Lipinski definition) is 0. The van der Waals surface area contributed by atoms with Crippen LogP contribution >= 0.6 is 11.3 Å². The predicted octanol–water partition coefficient (Wildman–Crippen LogP) is 6.49. The van der Waals surface area contributed by atoms with E-state index in [0.29, 0.717) is 5.88 Å². The summed E-state index contributed by atoms with van der Waals surface area (Å²) in [6, 6.07) is 23.5. The van der Waals surface area contributed by atoms with Gasteiger partial charge in [0.05, 0.1) is 7.11 Å². The molecule has 0 saturated carbocycles. The molecule has 0 amide bonds. The minimum absolute atomic E-state index is 0.628. The van der Waals surface area contributed by atoms with Crippen molar-refractivity contribution in [2.45, 2.75) is 6.54 Å². The summed E-state index contributed by atoms with van der Waals surface area (Å²) in [5, 5.41) is 5.55. The summed E-state index contributed by atoms with van der Waals surface area (Å²) in [5.74, 6) is 0.628. The standard InChI is InChI=1S/C25H20N2OS/c1-28-25-10-9-20(14-26-25)23-16-27(24-8-3-2-7-22(23)24)15-18-5-4-6-19(13-18)21-11-12-29-17-21/h2-14,16-17H,15H2,1H3. The van der Waals surface area contributed by atoms with E-state index in [1.807, 2.05) is 12.3 Å². The van der Waals surface area contributed by atoms with Gasteiger partial charge in [-0.25, -0.2) is 4.98 Å². The van der Waals surface area contributed by atoms with Crippen LogP contribution in [0.5, 0.6) is 5.88 Å². The van der Waals surface area contributed by atoms with Crippen LogP contribution in [0.15, 0.2) is 89.9 Å². The Morgan fingerprint density at radius 1 is 0.931 bits per heavy atom. The number of methoxy groups -OCH3 is 1. The molecule has 4 heteroatoms. The van der Waals surface area contributed by atoms with E-state index in [-0.39, 0.29) is 0 Å². The highest BCUT2D eigenvalue weighted by Crippen LogP contribution is 2.32. The Morgan fingerprint density at radius 2 is 1.86 bits per heavy atom. The van der Waals surface area contributed by atoms with Crippen molar-refractivity contribution in [1.29, 1.82) is 0 Å². The third kappa shape index (κ3) is 3.43. The molecule has 0 saturated heterocycles. The largest absolute Gasteiger partial charge is 0.481 e. The molecule has 3 nitrogen and oxygen atoms in total. The first kappa shape index (κ1) is 17.7. The highest BCUT2D eigenvalue weighted by Gasteiger charge is 2.11. The van der Waals surface area contributed by atoms with E-state index >= 15 is 0 Å². The van der Waals surface area contributed by atoms with Gasteiger partial charge in [-0.15, -0.1) is 0 Å². The predicted molar refractivity (Wildman–Crippen MR) is 121 cm³/mol. The lowest BCUT2D eigenvalue weighted by Gasteiger charge is -2.07. The average molecular weight is 397 g/mol. The first-order valence-corrected chi connectivity index (χ1v) is 10.5. The second kappa shape index (κ2) is 7.57. The number of thiophene rings is 1. The Balaban J connectivity index is 1.55. The van der Waals surface area contributed by atoms with Gasteiger partial charge in [0.25, 0.3) is 0 Å². The highest BCUT2D eigenvalue weighted by atomic mass is 32.1. The van der Waals surface area contributed by atoms with Gasteiger partial charge in [-0.3, -0.25) is 0 Å². The molecule has 142 valence electrons. The molecule has 3 aromatic heterocycles. The Bertz CT molecular complexity index is 1250. The monoisotopic (exact) mass is 396 g/mol. The van der Waals surface area contributed by atoms with Crippen molar-refractivity contribution < 1.29 is 4.74 Å². The fraction of sp³-hybridized carbons (Fsp3) is 0.0800. The number of hydrogen-bond acceptors (Lipinski definition) is 3. The summed E-state index contributed by atoms with van der Waals surface area (Å²) in [6.45, 7) is 0.822. The van der Waals surface area contributed by atoms with E-state index in [9.17, 15) is 0 Å². The molecule has 5 aromatic rings. The fourth-order valence-electron chi connectivity index (χ4n) is 3.74. The highest BCUT2D eigenvalue weighted by molar-refractivity contribution is 7.08. The summed E-state index contributed by atoms with van der Waals surface area (Å²) in [4.78, 5) is 4.38. The first-order chi connectivity index (χ1) is 14.3. The van der Waals surface area contributed by atoms with Gasteiger partial charge in [-0.05, 0) is 51.7 Å². The van der Waals surface area contributed by atoms with Gasteiger partial charge >= 0.3 is 0 Å². The maximum atomic E-state index is 5.20. The average Bonchev–Trinajstić information content (AvgIpc) is 3.43. The van der Waals surface area contributed by atoms with Gasteiger partial charge in [0.15, 0.2) is 0 Å². The fourth-order valence-corrected chi connectivity index (χ4v) is 4.41. The second-order valence-corrected chi connectivity index (χ2v) is 7.77. The van der Waals surface area contributed by atoms with Crippen molar-refractivity contribution >= 4 is 22.2 Å². The number of fused-ring (bicyclic) bond motifs is 1. The van der Waals surface area contributed by atoms with E-state index in [2.05, 4.69) is 87.2 Å². The quantitative estimate of drug-likeness (QED) is 0.339. The van der Waals surface area contributed by atoms with Crippen LogP contribution < -0.4 is 4.74 Å². The number of nitrogens with zero attached hydrogens (tertiary/aromatic N) is 2. The van der Waals surface area contributed by atoms with Crippen LogP contribution in [0.4, 0.5) is 0 Å². The lowest BCUT2D eigenvalue weighted by molar-refractivity contribution is 0.398. The summed E-state index contributed by atoms with van der Waals surface area (Å²) in [6.07, 6.45) is 4.10. The molecule has 0 aliphatic rings. The van der Waals surface area contributed by atoms with Crippen molar-refractivity contribution in [2.24, 2.45) is 0 Å². The molecule has 0 aliphatic heterocycles. The lowest BCUT2D eigenvalue weighted by atomic mass is 10.1. The zero-order valence-electron chi connectivity index (χ0n) is 16.1. The molecule has 29 heavy (non-hydrogen) atoms. The minimum atomic E-state index is 0.628. The minimum Gasteiger partial charge on any atom is -0.481 e. The second-order valence-electron chi connectivity index (χ2n) is 6.99. The van der Waals surface area contributed by atoms with Gasteiger partial charge in [-0.1, -0.05) is 36.4 Å². The smallest absolute Gasteiger partial charge is 0.212 e. The molecular weight excluding hydrogens is 376 g/mol. The lowest BCUT2D eigenvalue weighted by Crippen LogP contribution is -1.97. The maximum absolute atomic E-state index is 5.20. The molecule has 0 aliphatic carbocycles. The third-order valence-corrected chi connectivity index (χ3v) is 5.86. The van der Waals surface area contributed by atoms with Crippen molar-refractivity contribution in [1.82, 2.24) is 9.55 Å². The van der Waals surface area contributed by atoms with Crippen molar-refractivity contribution in [3.8, 4) is 28.1 Å². The van der Waals surface area contributed by atoms with E-state index in [4.69, 9.17) is 4.74 Å². The number of pyridine rings is 1. The van der Waals surface area contributed by atoms with Crippen molar-refractivity contribution in [3.05, 3.63) is 95.4 Å². The molecule has 0 spiro atoms. The van der Waals surface area contributed by atoms with E-state index in [0.717, 1.165) is 12.1 Å². The summed E-state index contributed by atoms with van der Waals surface area (Å²) in [7, 11) is 1.64. The number of ether oxygens (including phenoxy) is 1. The molecule has 5 rings (SSSR count). The van der Waals surface area contributed by atoms with Crippen LogP contribution in [-0.2, 0) is 6.54 Å². The van der Waals surface area contributed by atoms with Crippen molar-refractivity contribution in [2.75, 3.05) is 7.11 Å². The number of aromatic nitrogens is 2. The zero-order chi connectivity index (χ0) is 19.6. The van der Waals surface area contributed by atoms with Gasteiger partial charge in [0, 0.05) is 47.0 Å². The SMILES string of the molecule is COc1ccc(-c2cn(Cc3cccc(-c4ccsc4)c3)c3ccccc23)cn1. The Morgan fingerprint density at radius 3 is 2.66 bits per heavy atom. The van der Waals surface area contributed by atoms with Gasteiger partial charge in [0.1, 0.15) is 0 Å². The van der Waals surface area contributed by atoms with Crippen molar-refractivity contribution in [3.63, 3.8) is 0 Å². The summed E-state index contributed by atoms with van der Waals surface area (Å²) < 4.78 is 7.52. The van der Waals surface area contributed by atoms with Crippen LogP contribution in [0.1, 0.15) is 5.56 Å². The van der Waals surface area contributed by atoms with Gasteiger partial charge in [-0.2, -0.15) is 11.3 Å². The summed E-state index contributed by atoms with van der Waals surface area (Å²) in [5.41, 5.74) is 7.32. The van der Waals surface area contributed by atoms with E-state index in [1.165, 1.54) is 33.2 Å². The zero-order valence-corrected chi connectivity index (χ0v) is 16.9. The van der Waals surface area contributed by atoms with Gasteiger partial charge in [0.2, 0.25) is 5.88 Å². The molecule has 0 bridgehead atoms. The molecule has 0 fully saturated rings. The van der Waals surface area contributed by atoms with Crippen LogP contribution in [0, 0.1) is 0 Å². The molecule has 0 N–H and O–H groups in total. The Kier molecular flexibility index (Phi) is 4.62. The molecule has 0 radical (unpaired) electrons. The number of rotatable bonds is 5. The van der Waals surface area contributed by atoms with E-state index in [1.54, 1.807) is 18.4 Å². The third-order valence-electron chi connectivity index (χ3n) is 5.18. The van der Waals surface area contributed by atoms with Crippen LogP contribution in [0.2, 0.25) is 0 Å². The molecular formula is C25H20N2OS. The molecule has 3 heterocycles. The topological polar surface area (TPSA) is 27.1 Å². The van der Waals surface area contributed by atoms with E-state index < -0.39 is 0 Å². The Labute approximate surface area is 173 Å². The molecule has 0 atom stereocenters. The summed E-state index contributed by atoms with van der Waals surface area (Å²) >= 11 is 1.73. The first-order valence-electron chi connectivity index (χ1n) is 9.51. The number of benzene rings is 2. The van der Waals surface area contributed by atoms with Gasteiger partial charge < -0.3 is 9.30 Å².